The number of hydrogen-bond donors (Lipinski definition) is 1. The predicted octanol–water partition coefficient (Wildman–Crippen LogP) is 2.26. The largest absolute Gasteiger partial charge is 0.493 e. The van der Waals surface area contributed by atoms with E-state index < -0.39 is 0 Å². The van der Waals surface area contributed by atoms with E-state index in [1.54, 1.807) is 0 Å². The summed E-state index contributed by atoms with van der Waals surface area (Å²) in [4.78, 5) is 0. The van der Waals surface area contributed by atoms with Gasteiger partial charge in [-0.25, -0.2) is 0 Å². The topological polar surface area (TPSA) is 29.5 Å². The van der Waals surface area contributed by atoms with E-state index in [-0.39, 0.29) is 6.61 Å². The summed E-state index contributed by atoms with van der Waals surface area (Å²) in [6, 6.07) is 7.89. The average molecular weight is 194 g/mol. The van der Waals surface area contributed by atoms with Crippen LogP contribution in [0.15, 0.2) is 24.3 Å². The summed E-state index contributed by atoms with van der Waals surface area (Å²) < 4.78 is 5.57. The van der Waals surface area contributed by atoms with Crippen LogP contribution in [0.25, 0.3) is 0 Å². The van der Waals surface area contributed by atoms with Gasteiger partial charge in [-0.1, -0.05) is 26.0 Å². The van der Waals surface area contributed by atoms with E-state index in [0.717, 1.165) is 17.9 Å². The normalized spacial score (nSPS) is 10.6. The molecule has 2 heteroatoms. The number of rotatable bonds is 5. The quantitative estimate of drug-likeness (QED) is 0.779. The smallest absolute Gasteiger partial charge is 0.119 e. The van der Waals surface area contributed by atoms with Crippen LogP contribution in [0.5, 0.6) is 5.75 Å². The molecule has 0 amide bonds. The van der Waals surface area contributed by atoms with Gasteiger partial charge >= 0.3 is 0 Å². The first-order valence-electron chi connectivity index (χ1n) is 5.05. The lowest BCUT2D eigenvalue weighted by atomic mass is 10.1. The van der Waals surface area contributed by atoms with Crippen molar-refractivity contribution in [3.63, 3.8) is 0 Å². The van der Waals surface area contributed by atoms with Crippen LogP contribution in [0, 0.1) is 5.92 Å². The van der Waals surface area contributed by atoms with Crippen LogP contribution in [0.3, 0.4) is 0 Å². The molecule has 0 atom stereocenters. The molecule has 0 aliphatic heterocycles. The second kappa shape index (κ2) is 5.66. The molecule has 0 unspecified atom stereocenters. The van der Waals surface area contributed by atoms with Crippen molar-refractivity contribution in [2.24, 2.45) is 5.92 Å². The van der Waals surface area contributed by atoms with Crippen molar-refractivity contribution >= 4 is 0 Å². The highest BCUT2D eigenvalue weighted by Gasteiger charge is 1.98. The Morgan fingerprint density at radius 2 is 2.14 bits per heavy atom. The Morgan fingerprint density at radius 3 is 2.79 bits per heavy atom. The summed E-state index contributed by atoms with van der Waals surface area (Å²) >= 11 is 0. The van der Waals surface area contributed by atoms with Gasteiger partial charge in [-0.3, -0.25) is 0 Å². The number of hydrogen-bond acceptors (Lipinski definition) is 2. The molecule has 0 aromatic heterocycles. The predicted molar refractivity (Wildman–Crippen MR) is 57.6 cm³/mol. The molecule has 1 aromatic carbocycles. The summed E-state index contributed by atoms with van der Waals surface area (Å²) in [5, 5.41) is 8.79. The molecule has 2 nitrogen and oxygen atoms in total. The highest BCUT2D eigenvalue weighted by Crippen LogP contribution is 2.14. The van der Waals surface area contributed by atoms with Crippen LogP contribution in [0.1, 0.15) is 19.4 Å². The fourth-order valence-corrected chi connectivity index (χ4v) is 1.18. The monoisotopic (exact) mass is 194 g/mol. The average Bonchev–Trinajstić information content (AvgIpc) is 2.16. The minimum Gasteiger partial charge on any atom is -0.493 e. The van der Waals surface area contributed by atoms with Gasteiger partial charge in [-0.15, -0.1) is 0 Å². The second-order valence-electron chi connectivity index (χ2n) is 3.83. The molecule has 78 valence electrons. The standard InChI is InChI=1S/C12H18O2/c1-10(2)9-14-12-5-3-4-11(8-12)6-7-13/h3-5,8,10,13H,6-7,9H2,1-2H3. The Kier molecular flexibility index (Phi) is 4.47. The zero-order valence-electron chi connectivity index (χ0n) is 8.86. The van der Waals surface area contributed by atoms with Gasteiger partial charge in [-0.05, 0) is 30.0 Å². The highest BCUT2D eigenvalue weighted by atomic mass is 16.5. The van der Waals surface area contributed by atoms with E-state index in [1.807, 2.05) is 24.3 Å². The van der Waals surface area contributed by atoms with Crippen LogP contribution in [0.4, 0.5) is 0 Å². The Morgan fingerprint density at radius 1 is 1.36 bits per heavy atom. The number of aliphatic hydroxyl groups excluding tert-OH is 1. The summed E-state index contributed by atoms with van der Waals surface area (Å²) in [6.45, 7) is 5.17. The third kappa shape index (κ3) is 3.79. The Labute approximate surface area is 85.5 Å². The van der Waals surface area contributed by atoms with E-state index in [0.29, 0.717) is 12.3 Å². The van der Waals surface area contributed by atoms with Gasteiger partial charge in [0.1, 0.15) is 5.75 Å². The van der Waals surface area contributed by atoms with Crippen molar-refractivity contribution in [3.8, 4) is 5.75 Å². The maximum Gasteiger partial charge on any atom is 0.119 e. The second-order valence-corrected chi connectivity index (χ2v) is 3.83. The third-order valence-corrected chi connectivity index (χ3v) is 1.88. The Bertz CT molecular complexity index is 269. The van der Waals surface area contributed by atoms with Crippen molar-refractivity contribution in [1.29, 1.82) is 0 Å². The first-order valence-corrected chi connectivity index (χ1v) is 5.05. The van der Waals surface area contributed by atoms with E-state index in [2.05, 4.69) is 13.8 Å². The Balaban J connectivity index is 2.54. The molecule has 0 aliphatic carbocycles. The minimum absolute atomic E-state index is 0.188. The van der Waals surface area contributed by atoms with E-state index in [1.165, 1.54) is 0 Å². The molecule has 0 fully saturated rings. The summed E-state index contributed by atoms with van der Waals surface area (Å²) in [5.41, 5.74) is 1.12. The first kappa shape index (κ1) is 11.1. The van der Waals surface area contributed by atoms with E-state index in [4.69, 9.17) is 9.84 Å². The fraction of sp³-hybridized carbons (Fsp3) is 0.500. The van der Waals surface area contributed by atoms with E-state index >= 15 is 0 Å². The number of ether oxygens (including phenoxy) is 1. The fourth-order valence-electron chi connectivity index (χ4n) is 1.18. The lowest BCUT2D eigenvalue weighted by molar-refractivity contribution is 0.270. The van der Waals surface area contributed by atoms with Gasteiger partial charge in [0.05, 0.1) is 6.61 Å². The van der Waals surface area contributed by atoms with Crippen LogP contribution >= 0.6 is 0 Å². The molecule has 1 rings (SSSR count). The molecule has 1 N–H and O–H groups in total. The summed E-state index contributed by atoms with van der Waals surface area (Å²) in [5.74, 6) is 1.43. The molecule has 0 heterocycles. The molecule has 0 saturated heterocycles. The van der Waals surface area contributed by atoms with Gasteiger partial charge < -0.3 is 9.84 Å². The molecule has 0 saturated carbocycles. The van der Waals surface area contributed by atoms with Crippen molar-refractivity contribution in [2.75, 3.05) is 13.2 Å². The van der Waals surface area contributed by atoms with Crippen molar-refractivity contribution in [3.05, 3.63) is 29.8 Å². The molecule has 0 radical (unpaired) electrons. The first-order chi connectivity index (χ1) is 6.72. The van der Waals surface area contributed by atoms with Crippen molar-refractivity contribution in [2.45, 2.75) is 20.3 Å². The van der Waals surface area contributed by atoms with Crippen LogP contribution < -0.4 is 4.74 Å². The maximum atomic E-state index is 8.79. The van der Waals surface area contributed by atoms with Crippen molar-refractivity contribution in [1.82, 2.24) is 0 Å². The van der Waals surface area contributed by atoms with E-state index in [9.17, 15) is 0 Å². The third-order valence-electron chi connectivity index (χ3n) is 1.88. The molecule has 0 aliphatic rings. The van der Waals surface area contributed by atoms with Gasteiger partial charge in [0.15, 0.2) is 0 Å². The molecule has 0 spiro atoms. The van der Waals surface area contributed by atoms with Crippen LogP contribution in [0.2, 0.25) is 0 Å². The molecular formula is C12H18O2. The minimum atomic E-state index is 0.188. The van der Waals surface area contributed by atoms with Gasteiger partial charge in [0.2, 0.25) is 0 Å². The molecule has 14 heavy (non-hydrogen) atoms. The molecule has 1 aromatic rings. The van der Waals surface area contributed by atoms with Crippen LogP contribution in [-0.4, -0.2) is 18.3 Å². The van der Waals surface area contributed by atoms with Gasteiger partial charge in [-0.2, -0.15) is 0 Å². The highest BCUT2D eigenvalue weighted by molar-refractivity contribution is 5.28. The van der Waals surface area contributed by atoms with Crippen LogP contribution in [-0.2, 0) is 6.42 Å². The number of benzene rings is 1. The lowest BCUT2D eigenvalue weighted by Crippen LogP contribution is -2.04. The zero-order chi connectivity index (χ0) is 10.4. The summed E-state index contributed by atoms with van der Waals surface area (Å²) in [7, 11) is 0. The van der Waals surface area contributed by atoms with Gasteiger partial charge in [0.25, 0.3) is 0 Å². The maximum absolute atomic E-state index is 8.79. The molecule has 0 bridgehead atoms. The van der Waals surface area contributed by atoms with Gasteiger partial charge in [0, 0.05) is 6.61 Å². The number of aliphatic hydroxyl groups is 1. The molecular weight excluding hydrogens is 176 g/mol. The zero-order valence-corrected chi connectivity index (χ0v) is 8.86. The Hall–Kier alpha value is -1.02. The van der Waals surface area contributed by atoms with Crippen molar-refractivity contribution < 1.29 is 9.84 Å². The summed E-state index contributed by atoms with van der Waals surface area (Å²) in [6.07, 6.45) is 0.693. The lowest BCUT2D eigenvalue weighted by Gasteiger charge is -2.09. The SMILES string of the molecule is CC(C)COc1cccc(CCO)c1.